The molecule has 0 aliphatic carbocycles. The quantitative estimate of drug-likeness (QED) is 0.876. The van der Waals surface area contributed by atoms with Crippen LogP contribution in [0.2, 0.25) is 10.2 Å². The van der Waals surface area contributed by atoms with Gasteiger partial charge < -0.3 is 5.73 Å². The Hall–Kier alpha value is -1.85. The molecule has 1 aromatic heterocycles. The fourth-order valence-electron chi connectivity index (χ4n) is 1.64. The van der Waals surface area contributed by atoms with Gasteiger partial charge in [-0.05, 0) is 11.6 Å². The maximum Gasteiger partial charge on any atom is 0.273 e. The lowest BCUT2D eigenvalue weighted by molar-refractivity contribution is 0.0999. The number of aromatic nitrogens is 2. The zero-order chi connectivity index (χ0) is 14.0. The van der Waals surface area contributed by atoms with E-state index in [9.17, 15) is 9.59 Å². The van der Waals surface area contributed by atoms with E-state index in [-0.39, 0.29) is 16.7 Å². The van der Waals surface area contributed by atoms with Gasteiger partial charge in [-0.15, -0.1) is 0 Å². The molecule has 5 nitrogen and oxygen atoms in total. The minimum absolute atomic E-state index is 0.0499. The van der Waals surface area contributed by atoms with Gasteiger partial charge in [-0.25, -0.2) is 4.98 Å². The summed E-state index contributed by atoms with van der Waals surface area (Å²) in [7, 11) is 0. The number of hydrogen-bond donors (Lipinski definition) is 1. The highest BCUT2D eigenvalue weighted by Crippen LogP contribution is 2.14. The van der Waals surface area contributed by atoms with Crippen LogP contribution in [0, 0.1) is 0 Å². The Morgan fingerprint density at radius 1 is 1.32 bits per heavy atom. The topological polar surface area (TPSA) is 78.0 Å². The Bertz CT molecular complexity index is 698. The molecule has 98 valence electrons. The molecule has 0 spiro atoms. The van der Waals surface area contributed by atoms with Gasteiger partial charge >= 0.3 is 0 Å². The van der Waals surface area contributed by atoms with E-state index >= 15 is 0 Å². The summed E-state index contributed by atoms with van der Waals surface area (Å²) in [5.41, 5.74) is 5.76. The molecule has 7 heteroatoms. The predicted octanol–water partition coefficient (Wildman–Crippen LogP) is 1.70. The van der Waals surface area contributed by atoms with E-state index in [4.69, 9.17) is 28.9 Å². The van der Waals surface area contributed by atoms with Gasteiger partial charge in [-0.3, -0.25) is 14.2 Å². The third kappa shape index (κ3) is 2.77. The SMILES string of the molecule is NC(=O)c1ccccc1Cn1cnc(Cl)c(Cl)c1=O. The molecule has 0 bridgehead atoms. The van der Waals surface area contributed by atoms with Crippen LogP contribution in [0.3, 0.4) is 0 Å². The normalized spacial score (nSPS) is 10.4. The highest BCUT2D eigenvalue weighted by molar-refractivity contribution is 6.40. The third-order valence-corrected chi connectivity index (χ3v) is 3.29. The molecule has 1 amide bonds. The van der Waals surface area contributed by atoms with Crippen molar-refractivity contribution < 1.29 is 4.79 Å². The number of halogens is 2. The van der Waals surface area contributed by atoms with Crippen molar-refractivity contribution >= 4 is 29.1 Å². The van der Waals surface area contributed by atoms with E-state index in [2.05, 4.69) is 4.98 Å². The lowest BCUT2D eigenvalue weighted by Crippen LogP contribution is -2.23. The van der Waals surface area contributed by atoms with Crippen LogP contribution in [-0.2, 0) is 6.54 Å². The Kier molecular flexibility index (Phi) is 3.87. The molecule has 1 heterocycles. The number of nitrogens with two attached hydrogens (primary N) is 1. The summed E-state index contributed by atoms with van der Waals surface area (Å²) in [5.74, 6) is -0.559. The highest BCUT2D eigenvalue weighted by Gasteiger charge is 2.11. The third-order valence-electron chi connectivity index (χ3n) is 2.56. The zero-order valence-corrected chi connectivity index (χ0v) is 11.1. The Morgan fingerprint density at radius 2 is 2.00 bits per heavy atom. The summed E-state index contributed by atoms with van der Waals surface area (Å²) in [6.07, 6.45) is 1.27. The number of hydrogen-bond acceptors (Lipinski definition) is 3. The van der Waals surface area contributed by atoms with E-state index < -0.39 is 11.5 Å². The highest BCUT2D eigenvalue weighted by atomic mass is 35.5. The van der Waals surface area contributed by atoms with E-state index in [1.807, 2.05) is 0 Å². The number of rotatable bonds is 3. The number of carbonyl (C=O) groups excluding carboxylic acids is 1. The van der Waals surface area contributed by atoms with E-state index in [1.165, 1.54) is 10.9 Å². The summed E-state index contributed by atoms with van der Waals surface area (Å²) in [6.45, 7) is 0.141. The van der Waals surface area contributed by atoms with Gasteiger partial charge in [-0.1, -0.05) is 41.4 Å². The molecule has 0 saturated carbocycles. The van der Waals surface area contributed by atoms with Gasteiger partial charge in [-0.2, -0.15) is 0 Å². The Labute approximate surface area is 118 Å². The first-order chi connectivity index (χ1) is 9.00. The number of carbonyl (C=O) groups is 1. The molecular formula is C12H9Cl2N3O2. The summed E-state index contributed by atoms with van der Waals surface area (Å²) in [5, 5.41) is -0.202. The van der Waals surface area contributed by atoms with Crippen LogP contribution in [0.5, 0.6) is 0 Å². The number of nitrogens with zero attached hydrogens (tertiary/aromatic N) is 2. The average molecular weight is 298 g/mol. The molecule has 0 atom stereocenters. The van der Waals surface area contributed by atoms with Crippen molar-refractivity contribution in [3.8, 4) is 0 Å². The average Bonchev–Trinajstić information content (AvgIpc) is 2.40. The first kappa shape index (κ1) is 13.6. The molecule has 0 aliphatic rings. The van der Waals surface area contributed by atoms with Crippen molar-refractivity contribution in [3.05, 3.63) is 62.2 Å². The summed E-state index contributed by atoms with van der Waals surface area (Å²) in [6, 6.07) is 6.74. The second kappa shape index (κ2) is 5.42. The number of primary amides is 1. The summed E-state index contributed by atoms with van der Waals surface area (Å²) >= 11 is 11.4. The van der Waals surface area contributed by atoms with Gasteiger partial charge in [0, 0.05) is 5.56 Å². The minimum atomic E-state index is -0.559. The van der Waals surface area contributed by atoms with Crippen molar-refractivity contribution in [2.45, 2.75) is 6.54 Å². The van der Waals surface area contributed by atoms with Crippen molar-refractivity contribution in [2.24, 2.45) is 5.73 Å². The summed E-state index contributed by atoms with van der Waals surface area (Å²) in [4.78, 5) is 26.9. The van der Waals surface area contributed by atoms with Gasteiger partial charge in [0.15, 0.2) is 5.15 Å². The van der Waals surface area contributed by atoms with Crippen LogP contribution in [0.1, 0.15) is 15.9 Å². The zero-order valence-electron chi connectivity index (χ0n) is 9.64. The maximum absolute atomic E-state index is 11.9. The van der Waals surface area contributed by atoms with Crippen LogP contribution < -0.4 is 11.3 Å². The fourth-order valence-corrected chi connectivity index (χ4v) is 1.92. The largest absolute Gasteiger partial charge is 0.366 e. The summed E-state index contributed by atoms with van der Waals surface area (Å²) < 4.78 is 1.26. The van der Waals surface area contributed by atoms with Crippen LogP contribution in [0.4, 0.5) is 0 Å². The van der Waals surface area contributed by atoms with Crippen molar-refractivity contribution in [1.82, 2.24) is 9.55 Å². The standard InChI is InChI=1S/C12H9Cl2N3O2/c13-9-10(14)16-6-17(12(9)19)5-7-3-1-2-4-8(7)11(15)18/h1-4,6H,5H2,(H2,15,18). The Morgan fingerprint density at radius 3 is 2.68 bits per heavy atom. The van der Waals surface area contributed by atoms with Crippen molar-refractivity contribution in [1.29, 1.82) is 0 Å². The molecule has 0 saturated heterocycles. The van der Waals surface area contributed by atoms with Gasteiger partial charge in [0.25, 0.3) is 5.56 Å². The smallest absolute Gasteiger partial charge is 0.273 e. The van der Waals surface area contributed by atoms with Gasteiger partial charge in [0.2, 0.25) is 5.91 Å². The van der Waals surface area contributed by atoms with Crippen molar-refractivity contribution in [2.75, 3.05) is 0 Å². The van der Waals surface area contributed by atoms with Crippen LogP contribution in [0.25, 0.3) is 0 Å². The molecule has 0 fully saturated rings. The maximum atomic E-state index is 11.9. The van der Waals surface area contributed by atoms with Crippen LogP contribution >= 0.6 is 23.2 Å². The molecule has 0 aliphatic heterocycles. The molecule has 0 unspecified atom stereocenters. The Balaban J connectivity index is 2.46. The first-order valence-corrected chi connectivity index (χ1v) is 6.04. The van der Waals surface area contributed by atoms with Crippen LogP contribution in [-0.4, -0.2) is 15.5 Å². The molecule has 2 N–H and O–H groups in total. The monoisotopic (exact) mass is 297 g/mol. The second-order valence-electron chi connectivity index (χ2n) is 3.80. The molecule has 0 radical (unpaired) electrons. The molecule has 2 aromatic rings. The first-order valence-electron chi connectivity index (χ1n) is 5.29. The number of benzene rings is 1. The van der Waals surface area contributed by atoms with Gasteiger partial charge in [0.1, 0.15) is 5.02 Å². The lowest BCUT2D eigenvalue weighted by atomic mass is 10.1. The fraction of sp³-hybridized carbons (Fsp3) is 0.0833. The van der Waals surface area contributed by atoms with E-state index in [1.54, 1.807) is 24.3 Å². The van der Waals surface area contributed by atoms with E-state index in [0.29, 0.717) is 11.1 Å². The van der Waals surface area contributed by atoms with Gasteiger partial charge in [0.05, 0.1) is 12.9 Å². The minimum Gasteiger partial charge on any atom is -0.366 e. The molecule has 19 heavy (non-hydrogen) atoms. The van der Waals surface area contributed by atoms with E-state index in [0.717, 1.165) is 0 Å². The molecule has 1 aromatic carbocycles. The lowest BCUT2D eigenvalue weighted by Gasteiger charge is -2.09. The number of amides is 1. The van der Waals surface area contributed by atoms with Crippen LogP contribution in [0.15, 0.2) is 35.4 Å². The molecule has 2 rings (SSSR count). The predicted molar refractivity (Wildman–Crippen MR) is 72.6 cm³/mol. The molecular weight excluding hydrogens is 289 g/mol. The van der Waals surface area contributed by atoms with Crippen molar-refractivity contribution in [3.63, 3.8) is 0 Å². The second-order valence-corrected chi connectivity index (χ2v) is 4.54.